The number of carbonyl (C=O) groups excluding carboxylic acids is 1. The Bertz CT molecular complexity index is 708. The van der Waals surface area contributed by atoms with Crippen LogP contribution in [0.15, 0.2) is 42.9 Å². The highest BCUT2D eigenvalue weighted by Crippen LogP contribution is 2.20. The van der Waals surface area contributed by atoms with Crippen LogP contribution in [0.1, 0.15) is 16.1 Å². The molecule has 0 saturated carbocycles. The van der Waals surface area contributed by atoms with Crippen LogP contribution in [0, 0.1) is 0 Å². The number of amides is 1. The van der Waals surface area contributed by atoms with E-state index in [1.807, 2.05) is 31.3 Å². The number of hydrogen-bond acceptors (Lipinski definition) is 6. The number of aliphatic hydroxyl groups excluding tert-OH is 1. The van der Waals surface area contributed by atoms with Crippen molar-refractivity contribution in [1.29, 1.82) is 0 Å². The van der Waals surface area contributed by atoms with Gasteiger partial charge in [0.25, 0.3) is 5.91 Å². The Morgan fingerprint density at radius 3 is 2.72 bits per heavy atom. The predicted molar refractivity (Wildman–Crippen MR) is 92.2 cm³/mol. The number of methoxy groups -OCH3 is 1. The Kier molecular flexibility index (Phi) is 5.25. The molecule has 3 rings (SSSR count). The summed E-state index contributed by atoms with van der Waals surface area (Å²) in [5.41, 5.74) is 1.42. The number of β-amino-alcohol motifs (C(OH)–C–C–N with tert-alkyl or cyclic N) is 1. The lowest BCUT2D eigenvalue weighted by atomic mass is 10.1. The van der Waals surface area contributed by atoms with Gasteiger partial charge in [-0.3, -0.25) is 14.7 Å². The molecule has 1 amide bonds. The number of hydrogen-bond donors (Lipinski definition) is 1. The molecule has 1 aromatic heterocycles. The summed E-state index contributed by atoms with van der Waals surface area (Å²) in [6.45, 7) is 1.44. The quantitative estimate of drug-likeness (QED) is 0.866. The molecule has 1 aliphatic heterocycles. The fourth-order valence-electron chi connectivity index (χ4n) is 3.08. The number of benzene rings is 1. The summed E-state index contributed by atoms with van der Waals surface area (Å²) in [7, 11) is 3.59. The van der Waals surface area contributed by atoms with E-state index in [0.29, 0.717) is 25.3 Å². The summed E-state index contributed by atoms with van der Waals surface area (Å²) in [6.07, 6.45) is 3.88. The molecule has 1 N–H and O–H groups in total. The van der Waals surface area contributed by atoms with Crippen LogP contribution in [0.25, 0.3) is 0 Å². The summed E-state index contributed by atoms with van der Waals surface area (Å²) in [6, 6.07) is 7.71. The fraction of sp³-hybridized carbons (Fsp3) is 0.389. The molecule has 2 aromatic rings. The van der Waals surface area contributed by atoms with Crippen molar-refractivity contribution < 1.29 is 14.6 Å². The second-order valence-electron chi connectivity index (χ2n) is 6.20. The van der Waals surface area contributed by atoms with E-state index in [1.54, 1.807) is 12.0 Å². The monoisotopic (exact) mass is 342 g/mol. The molecule has 1 aromatic carbocycles. The summed E-state index contributed by atoms with van der Waals surface area (Å²) >= 11 is 0. The molecule has 1 aliphatic rings. The maximum Gasteiger partial charge on any atom is 0.274 e. The summed E-state index contributed by atoms with van der Waals surface area (Å²) in [5.74, 6) is 0.612. The first-order valence-electron chi connectivity index (χ1n) is 8.15. The smallest absolute Gasteiger partial charge is 0.274 e. The molecule has 0 spiro atoms. The molecule has 1 fully saturated rings. The molecule has 2 atom stereocenters. The van der Waals surface area contributed by atoms with Gasteiger partial charge in [-0.15, -0.1) is 0 Å². The zero-order chi connectivity index (χ0) is 17.8. The third kappa shape index (κ3) is 3.94. The second kappa shape index (κ2) is 7.58. The number of nitrogens with zero attached hydrogens (tertiary/aromatic N) is 4. The number of likely N-dealkylation sites (tertiary alicyclic amines) is 1. The third-order valence-corrected chi connectivity index (χ3v) is 4.49. The van der Waals surface area contributed by atoms with Crippen LogP contribution in [-0.2, 0) is 6.54 Å². The topological polar surface area (TPSA) is 78.8 Å². The SMILES string of the molecule is COc1ccc(CN(C)[C@@H]2CN(C(=O)c3cnccn3)C[C@H]2O)cc1. The van der Waals surface area contributed by atoms with E-state index >= 15 is 0 Å². The molecular formula is C18H22N4O3. The van der Waals surface area contributed by atoms with E-state index < -0.39 is 6.10 Å². The second-order valence-corrected chi connectivity index (χ2v) is 6.20. The van der Waals surface area contributed by atoms with Crippen molar-refractivity contribution >= 4 is 5.91 Å². The Morgan fingerprint density at radius 2 is 2.08 bits per heavy atom. The molecule has 0 unspecified atom stereocenters. The Labute approximate surface area is 146 Å². The van der Waals surface area contributed by atoms with Gasteiger partial charge in [0.15, 0.2) is 0 Å². The van der Waals surface area contributed by atoms with Crippen LogP contribution in [0.5, 0.6) is 5.75 Å². The molecule has 0 bridgehead atoms. The van der Waals surface area contributed by atoms with Gasteiger partial charge in [-0.25, -0.2) is 4.98 Å². The molecular weight excluding hydrogens is 320 g/mol. The first kappa shape index (κ1) is 17.3. The molecule has 1 saturated heterocycles. The lowest BCUT2D eigenvalue weighted by Crippen LogP contribution is -2.40. The fourth-order valence-corrected chi connectivity index (χ4v) is 3.08. The average Bonchev–Trinajstić information content (AvgIpc) is 3.04. The highest BCUT2D eigenvalue weighted by Gasteiger charge is 2.37. The minimum Gasteiger partial charge on any atom is -0.497 e. The minimum atomic E-state index is -0.594. The minimum absolute atomic E-state index is 0.122. The van der Waals surface area contributed by atoms with Gasteiger partial charge in [0.05, 0.1) is 25.5 Å². The maximum absolute atomic E-state index is 12.5. The van der Waals surface area contributed by atoms with Gasteiger partial charge < -0.3 is 14.7 Å². The van der Waals surface area contributed by atoms with Crippen molar-refractivity contribution in [2.75, 3.05) is 27.2 Å². The first-order valence-corrected chi connectivity index (χ1v) is 8.15. The average molecular weight is 342 g/mol. The van der Waals surface area contributed by atoms with E-state index in [0.717, 1.165) is 11.3 Å². The highest BCUT2D eigenvalue weighted by molar-refractivity contribution is 5.92. The number of ether oxygens (including phenoxy) is 1. The van der Waals surface area contributed by atoms with Crippen LogP contribution in [0.3, 0.4) is 0 Å². The van der Waals surface area contributed by atoms with Crippen molar-refractivity contribution in [3.8, 4) is 5.75 Å². The number of likely N-dealkylation sites (N-methyl/N-ethyl adjacent to an activating group) is 1. The van der Waals surface area contributed by atoms with Crippen molar-refractivity contribution in [1.82, 2.24) is 19.8 Å². The van der Waals surface area contributed by atoms with Crippen LogP contribution in [0.2, 0.25) is 0 Å². The lowest BCUT2D eigenvalue weighted by Gasteiger charge is -2.26. The zero-order valence-electron chi connectivity index (χ0n) is 14.4. The van der Waals surface area contributed by atoms with Crippen LogP contribution < -0.4 is 4.74 Å². The van der Waals surface area contributed by atoms with E-state index in [-0.39, 0.29) is 11.9 Å². The van der Waals surface area contributed by atoms with Crippen molar-refractivity contribution in [3.63, 3.8) is 0 Å². The Morgan fingerprint density at radius 1 is 1.32 bits per heavy atom. The molecule has 25 heavy (non-hydrogen) atoms. The van der Waals surface area contributed by atoms with Crippen LogP contribution in [-0.4, -0.2) is 70.2 Å². The van der Waals surface area contributed by atoms with E-state index in [9.17, 15) is 9.90 Å². The summed E-state index contributed by atoms with van der Waals surface area (Å²) in [4.78, 5) is 24.1. The van der Waals surface area contributed by atoms with Gasteiger partial charge >= 0.3 is 0 Å². The van der Waals surface area contributed by atoms with Gasteiger partial charge in [0.2, 0.25) is 0 Å². The number of carbonyl (C=O) groups is 1. The summed E-state index contributed by atoms with van der Waals surface area (Å²) in [5, 5.41) is 10.4. The number of aliphatic hydroxyl groups is 1. The molecule has 7 nitrogen and oxygen atoms in total. The van der Waals surface area contributed by atoms with Crippen molar-refractivity contribution in [2.45, 2.75) is 18.7 Å². The summed E-state index contributed by atoms with van der Waals surface area (Å²) < 4.78 is 5.16. The Hall–Kier alpha value is -2.51. The van der Waals surface area contributed by atoms with Gasteiger partial charge in [0.1, 0.15) is 11.4 Å². The molecule has 2 heterocycles. The first-order chi connectivity index (χ1) is 12.1. The molecule has 7 heteroatoms. The van der Waals surface area contributed by atoms with Gasteiger partial charge in [-0.05, 0) is 24.7 Å². The lowest BCUT2D eigenvalue weighted by molar-refractivity contribution is 0.0756. The predicted octanol–water partition coefficient (Wildman–Crippen LogP) is 0.802. The van der Waals surface area contributed by atoms with Gasteiger partial charge in [0, 0.05) is 32.0 Å². The van der Waals surface area contributed by atoms with E-state index in [1.165, 1.54) is 18.6 Å². The standard InChI is InChI=1S/C18H22N4O3/c1-21(10-13-3-5-14(25-2)6-4-13)16-11-22(12-17(16)23)18(24)15-9-19-7-8-20-15/h3-9,16-17,23H,10-12H2,1-2H3/t16-,17-/m1/s1. The molecule has 0 radical (unpaired) electrons. The number of aromatic nitrogens is 2. The third-order valence-electron chi connectivity index (χ3n) is 4.49. The maximum atomic E-state index is 12.5. The highest BCUT2D eigenvalue weighted by atomic mass is 16.5. The molecule has 0 aliphatic carbocycles. The number of rotatable bonds is 5. The zero-order valence-corrected chi connectivity index (χ0v) is 14.4. The Balaban J connectivity index is 1.63. The van der Waals surface area contributed by atoms with Gasteiger partial charge in [-0.1, -0.05) is 12.1 Å². The van der Waals surface area contributed by atoms with Crippen LogP contribution >= 0.6 is 0 Å². The van der Waals surface area contributed by atoms with Crippen molar-refractivity contribution in [2.24, 2.45) is 0 Å². The normalized spacial score (nSPS) is 20.1. The van der Waals surface area contributed by atoms with Crippen LogP contribution in [0.4, 0.5) is 0 Å². The van der Waals surface area contributed by atoms with Crippen molar-refractivity contribution in [3.05, 3.63) is 54.1 Å². The molecule has 132 valence electrons. The largest absolute Gasteiger partial charge is 0.497 e. The van der Waals surface area contributed by atoms with E-state index in [4.69, 9.17) is 4.74 Å². The van der Waals surface area contributed by atoms with Gasteiger partial charge in [-0.2, -0.15) is 0 Å². The van der Waals surface area contributed by atoms with E-state index in [2.05, 4.69) is 14.9 Å².